The average Bonchev–Trinajstić information content (AvgIpc) is 2.44. The van der Waals surface area contributed by atoms with Crippen molar-refractivity contribution in [1.82, 2.24) is 9.80 Å². The van der Waals surface area contributed by atoms with Gasteiger partial charge in [-0.1, -0.05) is 6.07 Å². The standard InChI is InChI=1S/C15H21N3O3/c1-17(2)6-7-18(11-15(19)20)10-12-4-5-14(21-3)13(8-12)9-16/h4-5,8H,6-7,10-11H2,1-3H3,(H,19,20). The van der Waals surface area contributed by atoms with Gasteiger partial charge in [0, 0.05) is 19.6 Å². The van der Waals surface area contributed by atoms with E-state index in [2.05, 4.69) is 6.07 Å². The minimum Gasteiger partial charge on any atom is -0.495 e. The molecule has 1 aromatic carbocycles. The van der Waals surface area contributed by atoms with E-state index in [1.165, 1.54) is 7.11 Å². The molecule has 0 radical (unpaired) electrons. The Hall–Kier alpha value is -2.10. The highest BCUT2D eigenvalue weighted by Gasteiger charge is 2.12. The van der Waals surface area contributed by atoms with Gasteiger partial charge in [0.15, 0.2) is 0 Å². The number of nitrogens with zero attached hydrogens (tertiary/aromatic N) is 3. The number of carboxylic acids is 1. The number of methoxy groups -OCH3 is 1. The van der Waals surface area contributed by atoms with Crippen LogP contribution in [-0.4, -0.2) is 61.7 Å². The smallest absolute Gasteiger partial charge is 0.317 e. The normalized spacial score (nSPS) is 10.7. The van der Waals surface area contributed by atoms with Crippen LogP contribution in [0.3, 0.4) is 0 Å². The largest absolute Gasteiger partial charge is 0.495 e. The molecule has 0 aromatic heterocycles. The van der Waals surface area contributed by atoms with Crippen molar-refractivity contribution in [2.75, 3.05) is 40.8 Å². The number of rotatable bonds is 8. The van der Waals surface area contributed by atoms with Crippen molar-refractivity contribution in [3.8, 4) is 11.8 Å². The molecule has 0 unspecified atom stereocenters. The summed E-state index contributed by atoms with van der Waals surface area (Å²) in [5, 5.41) is 18.1. The van der Waals surface area contributed by atoms with Crippen LogP contribution in [-0.2, 0) is 11.3 Å². The minimum atomic E-state index is -0.859. The van der Waals surface area contributed by atoms with Crippen molar-refractivity contribution in [2.45, 2.75) is 6.54 Å². The zero-order valence-electron chi connectivity index (χ0n) is 12.7. The first-order valence-electron chi connectivity index (χ1n) is 6.62. The van der Waals surface area contributed by atoms with Gasteiger partial charge in [0.05, 0.1) is 19.2 Å². The van der Waals surface area contributed by atoms with Crippen LogP contribution in [0.5, 0.6) is 5.75 Å². The number of carbonyl (C=O) groups is 1. The molecule has 1 aromatic rings. The first-order valence-corrected chi connectivity index (χ1v) is 6.62. The Morgan fingerprint density at radius 2 is 2.10 bits per heavy atom. The first kappa shape index (κ1) is 17.0. The van der Waals surface area contributed by atoms with Gasteiger partial charge in [0.25, 0.3) is 0 Å². The van der Waals surface area contributed by atoms with Gasteiger partial charge in [-0.05, 0) is 31.8 Å². The second-order valence-electron chi connectivity index (χ2n) is 5.05. The fourth-order valence-corrected chi connectivity index (χ4v) is 1.95. The topological polar surface area (TPSA) is 76.8 Å². The van der Waals surface area contributed by atoms with Gasteiger partial charge in [0.2, 0.25) is 0 Å². The van der Waals surface area contributed by atoms with E-state index in [4.69, 9.17) is 15.1 Å². The Kier molecular flexibility index (Phi) is 6.66. The van der Waals surface area contributed by atoms with E-state index in [-0.39, 0.29) is 6.54 Å². The summed E-state index contributed by atoms with van der Waals surface area (Å²) in [6, 6.07) is 7.41. The quantitative estimate of drug-likeness (QED) is 0.770. The molecule has 0 bridgehead atoms. The van der Waals surface area contributed by atoms with Crippen LogP contribution in [0, 0.1) is 11.3 Å². The molecule has 0 spiro atoms. The fraction of sp³-hybridized carbons (Fsp3) is 0.467. The third-order valence-corrected chi connectivity index (χ3v) is 3.01. The van der Waals surface area contributed by atoms with E-state index in [0.29, 0.717) is 24.4 Å². The van der Waals surface area contributed by atoms with E-state index in [0.717, 1.165) is 12.1 Å². The monoisotopic (exact) mass is 291 g/mol. The molecular weight excluding hydrogens is 270 g/mol. The summed E-state index contributed by atoms with van der Waals surface area (Å²) >= 11 is 0. The molecule has 6 nitrogen and oxygen atoms in total. The zero-order valence-corrected chi connectivity index (χ0v) is 12.7. The van der Waals surface area contributed by atoms with Crippen LogP contribution in [0.15, 0.2) is 18.2 Å². The molecule has 21 heavy (non-hydrogen) atoms. The number of aliphatic carboxylic acids is 1. The summed E-state index contributed by atoms with van der Waals surface area (Å²) in [7, 11) is 5.41. The predicted octanol–water partition coefficient (Wildman–Crippen LogP) is 1.02. The van der Waals surface area contributed by atoms with Gasteiger partial charge in [-0.15, -0.1) is 0 Å². The molecule has 0 aliphatic rings. The third-order valence-electron chi connectivity index (χ3n) is 3.01. The van der Waals surface area contributed by atoms with Crippen molar-refractivity contribution in [3.05, 3.63) is 29.3 Å². The molecule has 1 N–H and O–H groups in total. The first-order chi connectivity index (χ1) is 9.96. The maximum Gasteiger partial charge on any atom is 0.317 e. The van der Waals surface area contributed by atoms with E-state index < -0.39 is 5.97 Å². The van der Waals surface area contributed by atoms with E-state index in [1.54, 1.807) is 12.1 Å². The Morgan fingerprint density at radius 1 is 1.38 bits per heavy atom. The van der Waals surface area contributed by atoms with E-state index in [9.17, 15) is 4.79 Å². The van der Waals surface area contributed by atoms with Crippen molar-refractivity contribution in [3.63, 3.8) is 0 Å². The van der Waals surface area contributed by atoms with E-state index >= 15 is 0 Å². The molecule has 0 aliphatic carbocycles. The number of hydrogen-bond donors (Lipinski definition) is 1. The SMILES string of the molecule is COc1ccc(CN(CCN(C)C)CC(=O)O)cc1C#N. The molecule has 0 saturated heterocycles. The summed E-state index contributed by atoms with van der Waals surface area (Å²) in [6.07, 6.45) is 0. The fourth-order valence-electron chi connectivity index (χ4n) is 1.95. The Balaban J connectivity index is 2.82. The molecule has 0 fully saturated rings. The Morgan fingerprint density at radius 3 is 2.62 bits per heavy atom. The minimum absolute atomic E-state index is 0.0260. The number of likely N-dealkylation sites (N-methyl/N-ethyl adjacent to an activating group) is 1. The van der Waals surface area contributed by atoms with Crippen molar-refractivity contribution in [2.24, 2.45) is 0 Å². The lowest BCUT2D eigenvalue weighted by atomic mass is 10.1. The molecule has 0 atom stereocenters. The van der Waals surface area contributed by atoms with Gasteiger partial charge in [0.1, 0.15) is 11.8 Å². The molecule has 0 aliphatic heterocycles. The van der Waals surface area contributed by atoms with Gasteiger partial charge in [-0.3, -0.25) is 9.69 Å². The highest BCUT2D eigenvalue weighted by molar-refractivity contribution is 5.69. The van der Waals surface area contributed by atoms with Crippen LogP contribution in [0.1, 0.15) is 11.1 Å². The Labute approximate surface area is 125 Å². The van der Waals surface area contributed by atoms with Crippen molar-refractivity contribution in [1.29, 1.82) is 5.26 Å². The third kappa shape index (κ3) is 5.81. The molecule has 6 heteroatoms. The lowest BCUT2D eigenvalue weighted by molar-refractivity contribution is -0.138. The number of ether oxygens (including phenoxy) is 1. The molecule has 0 heterocycles. The van der Waals surface area contributed by atoms with Crippen LogP contribution >= 0.6 is 0 Å². The number of benzene rings is 1. The lowest BCUT2D eigenvalue weighted by Gasteiger charge is -2.22. The summed E-state index contributed by atoms with van der Waals surface area (Å²) in [6.45, 7) is 1.88. The van der Waals surface area contributed by atoms with Gasteiger partial charge in [-0.2, -0.15) is 5.26 Å². The predicted molar refractivity (Wildman–Crippen MR) is 79.2 cm³/mol. The molecule has 1 rings (SSSR count). The second kappa shape index (κ2) is 8.25. The number of hydrogen-bond acceptors (Lipinski definition) is 5. The summed E-state index contributed by atoms with van der Waals surface area (Å²) in [5.74, 6) is -0.331. The van der Waals surface area contributed by atoms with E-state index in [1.807, 2.05) is 30.0 Å². The highest BCUT2D eigenvalue weighted by atomic mass is 16.5. The van der Waals surface area contributed by atoms with Gasteiger partial charge >= 0.3 is 5.97 Å². The summed E-state index contributed by atoms with van der Waals surface area (Å²) in [4.78, 5) is 14.8. The van der Waals surface area contributed by atoms with Crippen LogP contribution < -0.4 is 4.74 Å². The van der Waals surface area contributed by atoms with Crippen LogP contribution in [0.2, 0.25) is 0 Å². The summed E-state index contributed by atoms with van der Waals surface area (Å²) in [5.41, 5.74) is 1.35. The summed E-state index contributed by atoms with van der Waals surface area (Å²) < 4.78 is 5.10. The lowest BCUT2D eigenvalue weighted by Crippen LogP contribution is -2.35. The number of nitriles is 1. The maximum absolute atomic E-state index is 10.9. The highest BCUT2D eigenvalue weighted by Crippen LogP contribution is 2.19. The molecule has 114 valence electrons. The molecular formula is C15H21N3O3. The van der Waals surface area contributed by atoms with Gasteiger partial charge < -0.3 is 14.7 Å². The zero-order chi connectivity index (χ0) is 15.8. The maximum atomic E-state index is 10.9. The number of carboxylic acid groups (broad SMARTS) is 1. The molecule has 0 amide bonds. The average molecular weight is 291 g/mol. The second-order valence-corrected chi connectivity index (χ2v) is 5.05. The van der Waals surface area contributed by atoms with Gasteiger partial charge in [-0.25, -0.2) is 0 Å². The van der Waals surface area contributed by atoms with Crippen molar-refractivity contribution >= 4 is 5.97 Å². The van der Waals surface area contributed by atoms with Crippen molar-refractivity contribution < 1.29 is 14.6 Å². The van der Waals surface area contributed by atoms with Crippen LogP contribution in [0.4, 0.5) is 0 Å². The van der Waals surface area contributed by atoms with Crippen LogP contribution in [0.25, 0.3) is 0 Å². The molecule has 0 saturated carbocycles. The Bertz CT molecular complexity index is 523.